The van der Waals surface area contributed by atoms with Crippen molar-refractivity contribution in [3.05, 3.63) is 70.3 Å². The second kappa shape index (κ2) is 8.39. The van der Waals surface area contributed by atoms with E-state index in [0.29, 0.717) is 18.8 Å². The summed E-state index contributed by atoms with van der Waals surface area (Å²) in [5.41, 5.74) is 1.63. The van der Waals surface area contributed by atoms with Crippen molar-refractivity contribution in [2.45, 2.75) is 63.7 Å². The molecule has 1 atom stereocenters. The number of fused-ring (bicyclic) bond motifs is 3. The van der Waals surface area contributed by atoms with E-state index in [4.69, 9.17) is 0 Å². The predicted molar refractivity (Wildman–Crippen MR) is 129 cm³/mol. The third-order valence-electron chi connectivity index (χ3n) is 7.05. The standard InChI is InChI=1S/C26H28BrN3O2/c1-26(25(32)28-20-11-3-2-4-12-20)17-29-22-14-8-6-9-18(22)15-23(29)24(31)30(26)16-19-10-5-7-13-21(19)27/h5-10,13-15,20H,2-4,11-12,16-17H2,1H3,(H,28,32)/t26-/m1/s1. The van der Waals surface area contributed by atoms with Gasteiger partial charge in [0.05, 0.1) is 6.54 Å². The zero-order valence-corrected chi connectivity index (χ0v) is 19.9. The van der Waals surface area contributed by atoms with Crippen LogP contribution in [-0.4, -0.2) is 32.9 Å². The van der Waals surface area contributed by atoms with Crippen LogP contribution in [-0.2, 0) is 17.9 Å². The minimum absolute atomic E-state index is 0.0618. The number of halogens is 1. The quantitative estimate of drug-likeness (QED) is 0.538. The molecular weight excluding hydrogens is 466 g/mol. The Morgan fingerprint density at radius 2 is 1.81 bits per heavy atom. The second-order valence-electron chi connectivity index (χ2n) is 9.24. The molecule has 166 valence electrons. The van der Waals surface area contributed by atoms with Crippen LogP contribution < -0.4 is 5.32 Å². The number of rotatable bonds is 4. The van der Waals surface area contributed by atoms with E-state index in [-0.39, 0.29) is 17.9 Å². The Morgan fingerprint density at radius 1 is 1.09 bits per heavy atom. The van der Waals surface area contributed by atoms with E-state index in [9.17, 15) is 9.59 Å². The number of benzene rings is 2. The number of amides is 2. The van der Waals surface area contributed by atoms with Crippen molar-refractivity contribution in [3.8, 4) is 0 Å². The van der Waals surface area contributed by atoms with Gasteiger partial charge >= 0.3 is 0 Å². The minimum atomic E-state index is -0.987. The summed E-state index contributed by atoms with van der Waals surface area (Å²) in [6.45, 7) is 2.72. The molecule has 1 fully saturated rings. The topological polar surface area (TPSA) is 54.3 Å². The first-order chi connectivity index (χ1) is 15.5. The maximum atomic E-state index is 13.8. The molecule has 2 amide bonds. The molecule has 32 heavy (non-hydrogen) atoms. The van der Waals surface area contributed by atoms with Crippen LogP contribution in [0.2, 0.25) is 0 Å². The molecule has 0 spiro atoms. The Hall–Kier alpha value is -2.60. The lowest BCUT2D eigenvalue weighted by molar-refractivity contribution is -0.134. The van der Waals surface area contributed by atoms with Gasteiger partial charge in [0.2, 0.25) is 5.91 Å². The van der Waals surface area contributed by atoms with Crippen molar-refractivity contribution in [2.24, 2.45) is 0 Å². The summed E-state index contributed by atoms with van der Waals surface area (Å²) < 4.78 is 2.96. The number of aromatic nitrogens is 1. The molecule has 2 aromatic carbocycles. The highest BCUT2D eigenvalue weighted by molar-refractivity contribution is 9.10. The first-order valence-electron chi connectivity index (χ1n) is 11.4. The number of carbonyl (C=O) groups excluding carboxylic acids is 2. The van der Waals surface area contributed by atoms with Crippen molar-refractivity contribution in [2.75, 3.05) is 0 Å². The Kier molecular flexibility index (Phi) is 5.58. The summed E-state index contributed by atoms with van der Waals surface area (Å²) >= 11 is 3.61. The SMILES string of the molecule is C[C@]1(C(=O)NC2CCCCC2)Cn2c(cc3ccccc32)C(=O)N1Cc1ccccc1Br. The first-order valence-corrected chi connectivity index (χ1v) is 12.2. The van der Waals surface area contributed by atoms with Crippen LogP contribution in [0.4, 0.5) is 0 Å². The third-order valence-corrected chi connectivity index (χ3v) is 7.83. The molecule has 2 heterocycles. The molecular formula is C26H28BrN3O2. The van der Waals surface area contributed by atoms with Gasteiger partial charge in [-0.2, -0.15) is 0 Å². The molecule has 1 saturated carbocycles. The van der Waals surface area contributed by atoms with Gasteiger partial charge in [0.1, 0.15) is 11.2 Å². The van der Waals surface area contributed by atoms with E-state index in [2.05, 4.69) is 21.2 Å². The van der Waals surface area contributed by atoms with Gasteiger partial charge < -0.3 is 14.8 Å². The Labute approximate surface area is 196 Å². The summed E-state index contributed by atoms with van der Waals surface area (Å²) in [4.78, 5) is 29.3. The van der Waals surface area contributed by atoms with Gasteiger partial charge in [-0.15, -0.1) is 0 Å². The predicted octanol–water partition coefficient (Wildman–Crippen LogP) is 5.27. The maximum absolute atomic E-state index is 13.8. The molecule has 5 rings (SSSR count). The van der Waals surface area contributed by atoms with Crippen molar-refractivity contribution >= 4 is 38.6 Å². The van der Waals surface area contributed by atoms with Gasteiger partial charge in [-0.05, 0) is 43.5 Å². The van der Waals surface area contributed by atoms with E-state index < -0.39 is 5.54 Å². The van der Waals surface area contributed by atoms with Crippen molar-refractivity contribution in [1.82, 2.24) is 14.8 Å². The van der Waals surface area contributed by atoms with Crippen molar-refractivity contribution < 1.29 is 9.59 Å². The molecule has 1 N–H and O–H groups in total. The first kappa shape index (κ1) is 21.3. The fourth-order valence-electron chi connectivity index (χ4n) is 5.14. The number of nitrogens with one attached hydrogen (secondary N) is 1. The summed E-state index contributed by atoms with van der Waals surface area (Å²) in [6.07, 6.45) is 5.55. The highest BCUT2D eigenvalue weighted by Crippen LogP contribution is 2.34. The van der Waals surface area contributed by atoms with Crippen LogP contribution in [0.25, 0.3) is 10.9 Å². The number of para-hydroxylation sites is 1. The Bertz CT molecular complexity index is 1180. The number of hydrogen-bond acceptors (Lipinski definition) is 2. The maximum Gasteiger partial charge on any atom is 0.271 e. The van der Waals surface area contributed by atoms with Crippen LogP contribution in [0.5, 0.6) is 0 Å². The minimum Gasteiger partial charge on any atom is -0.351 e. The van der Waals surface area contributed by atoms with Gasteiger partial charge in [-0.3, -0.25) is 9.59 Å². The summed E-state index contributed by atoms with van der Waals surface area (Å²) in [5, 5.41) is 4.32. The fraction of sp³-hybridized carbons (Fsp3) is 0.385. The van der Waals surface area contributed by atoms with Gasteiger partial charge in [-0.25, -0.2) is 0 Å². The zero-order valence-electron chi connectivity index (χ0n) is 18.3. The molecule has 0 unspecified atom stereocenters. The van der Waals surface area contributed by atoms with E-state index in [0.717, 1.165) is 46.6 Å². The third kappa shape index (κ3) is 3.64. The van der Waals surface area contributed by atoms with E-state index >= 15 is 0 Å². The van der Waals surface area contributed by atoms with Gasteiger partial charge in [-0.1, -0.05) is 71.6 Å². The van der Waals surface area contributed by atoms with Gasteiger partial charge in [0.25, 0.3) is 5.91 Å². The van der Waals surface area contributed by atoms with Gasteiger partial charge in [0, 0.05) is 28.0 Å². The van der Waals surface area contributed by atoms with Crippen LogP contribution in [0, 0.1) is 0 Å². The highest BCUT2D eigenvalue weighted by Gasteiger charge is 2.48. The van der Waals surface area contributed by atoms with Crippen LogP contribution in [0.3, 0.4) is 0 Å². The molecule has 6 heteroatoms. The highest BCUT2D eigenvalue weighted by atomic mass is 79.9. The average Bonchev–Trinajstić information content (AvgIpc) is 3.17. The Morgan fingerprint density at radius 3 is 2.59 bits per heavy atom. The lowest BCUT2D eigenvalue weighted by Gasteiger charge is -2.45. The molecule has 0 bridgehead atoms. The molecule has 0 radical (unpaired) electrons. The molecule has 1 aromatic heterocycles. The second-order valence-corrected chi connectivity index (χ2v) is 10.1. The summed E-state index contributed by atoms with van der Waals surface area (Å²) in [6, 6.07) is 18.0. The molecule has 0 saturated heterocycles. The number of hydrogen-bond donors (Lipinski definition) is 1. The number of carbonyl (C=O) groups is 2. The lowest BCUT2D eigenvalue weighted by Crippen LogP contribution is -2.64. The fourth-order valence-corrected chi connectivity index (χ4v) is 5.55. The lowest BCUT2D eigenvalue weighted by atomic mass is 9.91. The largest absolute Gasteiger partial charge is 0.351 e. The monoisotopic (exact) mass is 493 g/mol. The van der Waals surface area contributed by atoms with Crippen LogP contribution >= 0.6 is 15.9 Å². The molecule has 3 aromatic rings. The van der Waals surface area contributed by atoms with Crippen LogP contribution in [0.15, 0.2) is 59.1 Å². The van der Waals surface area contributed by atoms with Crippen molar-refractivity contribution in [3.63, 3.8) is 0 Å². The normalized spacial score (nSPS) is 21.6. The molecule has 5 nitrogen and oxygen atoms in total. The molecule has 1 aliphatic carbocycles. The summed E-state index contributed by atoms with van der Waals surface area (Å²) in [7, 11) is 0. The average molecular weight is 494 g/mol. The Balaban J connectivity index is 1.56. The smallest absolute Gasteiger partial charge is 0.271 e. The number of nitrogens with zero attached hydrogens (tertiary/aromatic N) is 2. The van der Waals surface area contributed by atoms with Crippen LogP contribution in [0.1, 0.15) is 55.1 Å². The zero-order chi connectivity index (χ0) is 22.3. The van der Waals surface area contributed by atoms with Gasteiger partial charge in [0.15, 0.2) is 0 Å². The van der Waals surface area contributed by atoms with E-state index in [1.165, 1.54) is 6.42 Å². The summed E-state index contributed by atoms with van der Waals surface area (Å²) in [5.74, 6) is -0.169. The molecule has 1 aliphatic heterocycles. The molecule has 2 aliphatic rings. The van der Waals surface area contributed by atoms with E-state index in [1.54, 1.807) is 4.90 Å². The van der Waals surface area contributed by atoms with Crippen molar-refractivity contribution in [1.29, 1.82) is 0 Å². The van der Waals surface area contributed by atoms with E-state index in [1.807, 2.05) is 66.1 Å².